The van der Waals surface area contributed by atoms with E-state index < -0.39 is 0 Å². The molecule has 0 saturated heterocycles. The second-order valence-electron chi connectivity index (χ2n) is 4.13. The lowest BCUT2D eigenvalue weighted by molar-refractivity contribution is -0.806. The van der Waals surface area contributed by atoms with Gasteiger partial charge < -0.3 is 0 Å². The van der Waals surface area contributed by atoms with Gasteiger partial charge in [-0.25, -0.2) is 4.39 Å². The fourth-order valence-electron chi connectivity index (χ4n) is 2.08. The standard InChI is InChI=1S/C11H13FNO/c1-13(2)10(7-14)6-8-5-9(12)3-4-11(8)13/h5-7H,3-4H2,1-2H3/q+1. The summed E-state index contributed by atoms with van der Waals surface area (Å²) in [6.07, 6.45) is 5.33. The second-order valence-corrected chi connectivity index (χ2v) is 4.13. The summed E-state index contributed by atoms with van der Waals surface area (Å²) in [6, 6.07) is 0. The van der Waals surface area contributed by atoms with Gasteiger partial charge in [0.15, 0.2) is 5.70 Å². The van der Waals surface area contributed by atoms with Gasteiger partial charge in [-0.15, -0.1) is 0 Å². The van der Waals surface area contributed by atoms with Crippen LogP contribution in [0.1, 0.15) is 12.8 Å². The Balaban J connectivity index is 2.49. The van der Waals surface area contributed by atoms with Gasteiger partial charge in [-0.05, 0) is 6.08 Å². The number of halogens is 1. The smallest absolute Gasteiger partial charge is 0.203 e. The number of nitrogens with zero attached hydrogens (tertiary/aromatic N) is 1. The lowest BCUT2D eigenvalue weighted by Gasteiger charge is -2.28. The SMILES string of the molecule is C[N+]1(C)C(C=O)=CC2=C1CCC(F)=C2. The summed E-state index contributed by atoms with van der Waals surface area (Å²) in [7, 11) is 3.92. The van der Waals surface area contributed by atoms with Crippen LogP contribution in [0.4, 0.5) is 4.39 Å². The average molecular weight is 194 g/mol. The van der Waals surface area contributed by atoms with Crippen molar-refractivity contribution in [1.29, 1.82) is 0 Å². The molecular formula is C11H13FNO+. The molecule has 14 heavy (non-hydrogen) atoms. The predicted octanol–water partition coefficient (Wildman–Crippen LogP) is 2.06. The molecule has 2 nitrogen and oxygen atoms in total. The maximum atomic E-state index is 13.0. The summed E-state index contributed by atoms with van der Waals surface area (Å²) in [6.45, 7) is 0. The fraction of sp³-hybridized carbons (Fsp3) is 0.364. The first kappa shape index (κ1) is 9.34. The summed E-state index contributed by atoms with van der Waals surface area (Å²) >= 11 is 0. The van der Waals surface area contributed by atoms with E-state index in [0.29, 0.717) is 23.0 Å². The highest BCUT2D eigenvalue weighted by Gasteiger charge is 2.36. The molecule has 0 spiro atoms. The molecule has 1 aliphatic heterocycles. The Bertz CT molecular complexity index is 388. The second kappa shape index (κ2) is 2.89. The number of rotatable bonds is 1. The Labute approximate surface area is 82.6 Å². The van der Waals surface area contributed by atoms with Crippen molar-refractivity contribution in [2.24, 2.45) is 0 Å². The molecule has 3 heteroatoms. The number of carbonyl (C=O) groups excluding carboxylic acids is 1. The van der Waals surface area contributed by atoms with Crippen LogP contribution in [0.2, 0.25) is 0 Å². The minimum atomic E-state index is -0.0906. The van der Waals surface area contributed by atoms with Crippen LogP contribution in [0.25, 0.3) is 0 Å². The monoisotopic (exact) mass is 194 g/mol. The number of allylic oxidation sites excluding steroid dienone is 6. The van der Waals surface area contributed by atoms with Gasteiger partial charge in [-0.1, -0.05) is 0 Å². The predicted molar refractivity (Wildman–Crippen MR) is 51.7 cm³/mol. The van der Waals surface area contributed by atoms with E-state index in [2.05, 4.69) is 0 Å². The third-order valence-electron chi connectivity index (χ3n) is 2.99. The van der Waals surface area contributed by atoms with Gasteiger partial charge in [0.25, 0.3) is 0 Å². The van der Waals surface area contributed by atoms with Crippen LogP contribution in [0, 0.1) is 0 Å². The van der Waals surface area contributed by atoms with E-state index in [-0.39, 0.29) is 5.83 Å². The number of carbonyl (C=O) groups is 1. The maximum Gasteiger partial charge on any atom is 0.203 e. The molecule has 0 radical (unpaired) electrons. The molecule has 0 fully saturated rings. The minimum absolute atomic E-state index is 0.0906. The van der Waals surface area contributed by atoms with Crippen LogP contribution >= 0.6 is 0 Å². The summed E-state index contributed by atoms with van der Waals surface area (Å²) in [5.74, 6) is -0.0906. The lowest BCUT2D eigenvalue weighted by atomic mass is 10.0. The molecule has 1 aliphatic carbocycles. The molecule has 2 aliphatic rings. The van der Waals surface area contributed by atoms with Gasteiger partial charge in [0.2, 0.25) is 6.29 Å². The van der Waals surface area contributed by atoms with E-state index >= 15 is 0 Å². The maximum absolute atomic E-state index is 13.0. The van der Waals surface area contributed by atoms with Crippen molar-refractivity contribution >= 4 is 6.29 Å². The zero-order chi connectivity index (χ0) is 10.3. The summed E-state index contributed by atoms with van der Waals surface area (Å²) in [4.78, 5) is 10.8. The van der Waals surface area contributed by atoms with Gasteiger partial charge in [0.05, 0.1) is 14.1 Å². The third-order valence-corrected chi connectivity index (χ3v) is 2.99. The molecule has 0 saturated carbocycles. The summed E-state index contributed by atoms with van der Waals surface area (Å²) < 4.78 is 13.5. The van der Waals surface area contributed by atoms with Crippen LogP contribution < -0.4 is 0 Å². The molecule has 0 atom stereocenters. The van der Waals surface area contributed by atoms with Gasteiger partial charge in [0.1, 0.15) is 11.5 Å². The molecule has 0 amide bonds. The number of quaternary nitrogens is 1. The van der Waals surface area contributed by atoms with Crippen LogP contribution in [0.15, 0.2) is 34.9 Å². The van der Waals surface area contributed by atoms with Gasteiger partial charge in [0, 0.05) is 24.5 Å². The zero-order valence-corrected chi connectivity index (χ0v) is 8.38. The van der Waals surface area contributed by atoms with E-state index in [1.807, 2.05) is 14.1 Å². The quantitative estimate of drug-likeness (QED) is 0.461. The first-order chi connectivity index (χ1) is 6.55. The van der Waals surface area contributed by atoms with Gasteiger partial charge in [-0.3, -0.25) is 9.28 Å². The van der Waals surface area contributed by atoms with Crippen molar-refractivity contribution in [3.63, 3.8) is 0 Å². The van der Waals surface area contributed by atoms with Crippen LogP contribution in [-0.2, 0) is 4.79 Å². The first-order valence-corrected chi connectivity index (χ1v) is 4.67. The molecule has 0 aromatic rings. The highest BCUT2D eigenvalue weighted by atomic mass is 19.1. The summed E-state index contributed by atoms with van der Waals surface area (Å²) in [5, 5.41) is 0. The molecule has 0 aromatic carbocycles. The topological polar surface area (TPSA) is 17.1 Å². The molecule has 0 bridgehead atoms. The van der Waals surface area contributed by atoms with Crippen molar-refractivity contribution in [2.75, 3.05) is 14.1 Å². The number of hydrogen-bond donors (Lipinski definition) is 0. The molecular weight excluding hydrogens is 181 g/mol. The number of likely N-dealkylation sites (N-methyl/N-ethyl adjacent to an activating group) is 1. The Morgan fingerprint density at radius 2 is 2.07 bits per heavy atom. The Morgan fingerprint density at radius 1 is 1.36 bits per heavy atom. The van der Waals surface area contributed by atoms with Crippen LogP contribution in [0.3, 0.4) is 0 Å². The van der Waals surface area contributed by atoms with Gasteiger partial charge in [-0.2, -0.15) is 0 Å². The first-order valence-electron chi connectivity index (χ1n) is 4.67. The average Bonchev–Trinajstić information content (AvgIpc) is 2.37. The summed E-state index contributed by atoms with van der Waals surface area (Å²) in [5.41, 5.74) is 2.70. The van der Waals surface area contributed by atoms with Crippen molar-refractivity contribution in [2.45, 2.75) is 12.8 Å². The van der Waals surface area contributed by atoms with Crippen LogP contribution in [-0.4, -0.2) is 24.9 Å². The van der Waals surface area contributed by atoms with Crippen LogP contribution in [0.5, 0.6) is 0 Å². The highest BCUT2D eigenvalue weighted by Crippen LogP contribution is 2.38. The third kappa shape index (κ3) is 1.16. The van der Waals surface area contributed by atoms with Crippen molar-refractivity contribution in [3.8, 4) is 0 Å². The molecule has 0 N–H and O–H groups in total. The fourth-order valence-corrected chi connectivity index (χ4v) is 2.08. The molecule has 0 unspecified atom stereocenters. The van der Waals surface area contributed by atoms with Crippen molar-refractivity contribution in [3.05, 3.63) is 34.9 Å². The zero-order valence-electron chi connectivity index (χ0n) is 8.38. The van der Waals surface area contributed by atoms with E-state index in [9.17, 15) is 9.18 Å². The molecule has 1 heterocycles. The normalized spacial score (nSPS) is 24.2. The molecule has 0 aromatic heterocycles. The van der Waals surface area contributed by atoms with E-state index in [1.54, 1.807) is 6.08 Å². The molecule has 74 valence electrons. The number of hydrogen-bond acceptors (Lipinski definition) is 1. The Hall–Kier alpha value is -1.22. The van der Waals surface area contributed by atoms with Crippen molar-refractivity contribution in [1.82, 2.24) is 0 Å². The Morgan fingerprint density at radius 3 is 2.71 bits per heavy atom. The highest BCUT2D eigenvalue weighted by molar-refractivity contribution is 5.73. The van der Waals surface area contributed by atoms with Crippen molar-refractivity contribution < 1.29 is 13.7 Å². The Kier molecular flexibility index (Phi) is 1.93. The van der Waals surface area contributed by atoms with Gasteiger partial charge >= 0.3 is 0 Å². The van der Waals surface area contributed by atoms with E-state index in [4.69, 9.17) is 0 Å². The lowest BCUT2D eigenvalue weighted by Crippen LogP contribution is -2.36. The van der Waals surface area contributed by atoms with E-state index in [0.717, 1.165) is 17.6 Å². The van der Waals surface area contributed by atoms with E-state index in [1.165, 1.54) is 6.08 Å². The number of aldehydes is 1. The minimum Gasteiger partial charge on any atom is -0.292 e. The largest absolute Gasteiger partial charge is 0.292 e. The molecule has 2 rings (SSSR count).